The van der Waals surface area contributed by atoms with E-state index in [2.05, 4.69) is 36.2 Å². The minimum Gasteiger partial charge on any atom is -0.362 e. The van der Waals surface area contributed by atoms with Crippen LogP contribution in [0.15, 0.2) is 30.3 Å². The first-order chi connectivity index (χ1) is 10.9. The van der Waals surface area contributed by atoms with Crippen molar-refractivity contribution in [1.82, 2.24) is 10.2 Å². The Kier molecular flexibility index (Phi) is 6.41. The van der Waals surface area contributed by atoms with Gasteiger partial charge in [0, 0.05) is 19.1 Å². The fourth-order valence-corrected chi connectivity index (χ4v) is 4.93. The lowest BCUT2D eigenvalue weighted by molar-refractivity contribution is 0.295. The van der Waals surface area contributed by atoms with Gasteiger partial charge in [0.1, 0.15) is 0 Å². The summed E-state index contributed by atoms with van der Waals surface area (Å²) in [6.07, 6.45) is 1.58. The first-order valence-electron chi connectivity index (χ1n) is 8.16. The molecule has 128 valence electrons. The molecule has 0 radical (unpaired) electrons. The zero-order valence-corrected chi connectivity index (χ0v) is 15.5. The van der Waals surface area contributed by atoms with E-state index >= 15 is 0 Å². The molecule has 1 aliphatic heterocycles. The maximum Gasteiger partial charge on any atom is 0.169 e. The Morgan fingerprint density at radius 3 is 2.61 bits per heavy atom. The van der Waals surface area contributed by atoms with Crippen molar-refractivity contribution >= 4 is 27.2 Å². The second-order valence-corrected chi connectivity index (χ2v) is 9.19. The SMILES string of the molecule is CC(C)CN(C(=S)NCCc1ccccc1)[C@H]1CCS(=O)(=O)C1. The predicted octanol–water partition coefficient (Wildman–Crippen LogP) is 2.25. The van der Waals surface area contributed by atoms with Gasteiger partial charge in [0.25, 0.3) is 0 Å². The van der Waals surface area contributed by atoms with Crippen molar-refractivity contribution in [3.63, 3.8) is 0 Å². The van der Waals surface area contributed by atoms with Crippen molar-refractivity contribution in [3.8, 4) is 0 Å². The van der Waals surface area contributed by atoms with Crippen LogP contribution in [0.5, 0.6) is 0 Å². The van der Waals surface area contributed by atoms with Crippen LogP contribution >= 0.6 is 12.2 Å². The van der Waals surface area contributed by atoms with E-state index in [0.29, 0.717) is 17.5 Å². The van der Waals surface area contributed by atoms with Gasteiger partial charge in [0.2, 0.25) is 0 Å². The number of nitrogens with zero attached hydrogens (tertiary/aromatic N) is 1. The summed E-state index contributed by atoms with van der Waals surface area (Å²) in [6.45, 7) is 5.81. The van der Waals surface area contributed by atoms with Crippen LogP contribution in [0.1, 0.15) is 25.8 Å². The summed E-state index contributed by atoms with van der Waals surface area (Å²) in [5.74, 6) is 0.936. The number of rotatable bonds is 6. The van der Waals surface area contributed by atoms with Gasteiger partial charge in [-0.2, -0.15) is 0 Å². The summed E-state index contributed by atoms with van der Waals surface area (Å²) in [7, 11) is -2.90. The zero-order valence-electron chi connectivity index (χ0n) is 13.9. The molecule has 0 aliphatic carbocycles. The van der Waals surface area contributed by atoms with Gasteiger partial charge >= 0.3 is 0 Å². The first kappa shape index (κ1) is 18.2. The van der Waals surface area contributed by atoms with Crippen molar-refractivity contribution in [2.45, 2.75) is 32.7 Å². The zero-order chi connectivity index (χ0) is 16.9. The highest BCUT2D eigenvalue weighted by atomic mass is 32.2. The van der Waals surface area contributed by atoms with Gasteiger partial charge < -0.3 is 10.2 Å². The molecule has 0 spiro atoms. The number of hydrogen-bond donors (Lipinski definition) is 1. The average molecular weight is 355 g/mol. The van der Waals surface area contributed by atoms with Gasteiger partial charge in [0.15, 0.2) is 14.9 Å². The molecular weight excluding hydrogens is 328 g/mol. The Labute approximate surface area is 145 Å². The third kappa shape index (κ3) is 5.77. The topological polar surface area (TPSA) is 49.4 Å². The van der Waals surface area contributed by atoms with Crippen molar-refractivity contribution < 1.29 is 8.42 Å². The molecule has 23 heavy (non-hydrogen) atoms. The highest BCUT2D eigenvalue weighted by Crippen LogP contribution is 2.19. The van der Waals surface area contributed by atoms with Crippen molar-refractivity contribution in [2.75, 3.05) is 24.6 Å². The molecule has 6 heteroatoms. The van der Waals surface area contributed by atoms with E-state index in [9.17, 15) is 8.42 Å². The highest BCUT2D eigenvalue weighted by Gasteiger charge is 2.33. The standard InChI is InChI=1S/C17H26N2O2S2/c1-14(2)12-19(16-9-11-23(20,21)13-16)17(22)18-10-8-15-6-4-3-5-7-15/h3-7,14,16H,8-13H2,1-2H3,(H,18,22)/t16-/m0/s1. The molecule has 1 atom stereocenters. The lowest BCUT2D eigenvalue weighted by atomic mass is 10.1. The fourth-order valence-electron chi connectivity index (χ4n) is 2.87. The average Bonchev–Trinajstić information content (AvgIpc) is 2.85. The van der Waals surface area contributed by atoms with Gasteiger partial charge in [-0.25, -0.2) is 8.42 Å². The Bertz CT molecular complexity index is 615. The maximum absolute atomic E-state index is 11.8. The monoisotopic (exact) mass is 354 g/mol. The summed E-state index contributed by atoms with van der Waals surface area (Å²) in [5.41, 5.74) is 1.27. The van der Waals surface area contributed by atoms with E-state index in [0.717, 1.165) is 19.5 Å². The second kappa shape index (κ2) is 8.11. The van der Waals surface area contributed by atoms with E-state index in [4.69, 9.17) is 12.2 Å². The predicted molar refractivity (Wildman–Crippen MR) is 99.3 cm³/mol. The Morgan fingerprint density at radius 1 is 1.35 bits per heavy atom. The third-order valence-electron chi connectivity index (χ3n) is 4.00. The molecule has 0 aromatic heterocycles. The molecule has 0 amide bonds. The molecule has 1 fully saturated rings. The number of sulfone groups is 1. The molecule has 1 aromatic rings. The molecular formula is C17H26N2O2S2. The Balaban J connectivity index is 1.91. The van der Waals surface area contributed by atoms with Crippen LogP contribution in [0.25, 0.3) is 0 Å². The fraction of sp³-hybridized carbons (Fsp3) is 0.588. The van der Waals surface area contributed by atoms with E-state index in [1.165, 1.54) is 5.56 Å². The Hall–Kier alpha value is -1.14. The lowest BCUT2D eigenvalue weighted by Gasteiger charge is -2.32. The number of hydrogen-bond acceptors (Lipinski definition) is 3. The number of thiocarbonyl (C=S) groups is 1. The van der Waals surface area contributed by atoms with Crippen molar-refractivity contribution in [3.05, 3.63) is 35.9 Å². The van der Waals surface area contributed by atoms with E-state index in [-0.39, 0.29) is 17.5 Å². The molecule has 1 N–H and O–H groups in total. The second-order valence-electron chi connectivity index (χ2n) is 6.57. The third-order valence-corrected chi connectivity index (χ3v) is 6.13. The summed E-state index contributed by atoms with van der Waals surface area (Å²) in [4.78, 5) is 2.08. The van der Waals surface area contributed by atoms with E-state index < -0.39 is 9.84 Å². The normalized spacial score (nSPS) is 19.7. The highest BCUT2D eigenvalue weighted by molar-refractivity contribution is 7.91. The van der Waals surface area contributed by atoms with E-state index in [1.807, 2.05) is 18.2 Å². The van der Waals surface area contributed by atoms with Crippen molar-refractivity contribution in [2.24, 2.45) is 5.92 Å². The molecule has 1 saturated heterocycles. The van der Waals surface area contributed by atoms with Crippen LogP contribution in [-0.4, -0.2) is 49.1 Å². The molecule has 0 bridgehead atoms. The minimum absolute atomic E-state index is 0.0131. The van der Waals surface area contributed by atoms with E-state index in [1.54, 1.807) is 0 Å². The molecule has 4 nitrogen and oxygen atoms in total. The van der Waals surface area contributed by atoms with Crippen LogP contribution in [0.2, 0.25) is 0 Å². The lowest BCUT2D eigenvalue weighted by Crippen LogP contribution is -2.48. The molecule has 1 aromatic carbocycles. The summed E-state index contributed by atoms with van der Waals surface area (Å²) >= 11 is 5.54. The van der Waals surface area contributed by atoms with Crippen LogP contribution in [0.3, 0.4) is 0 Å². The molecule has 1 heterocycles. The minimum atomic E-state index is -2.90. The maximum atomic E-state index is 11.8. The van der Waals surface area contributed by atoms with Crippen molar-refractivity contribution in [1.29, 1.82) is 0 Å². The van der Waals surface area contributed by atoms with Gasteiger partial charge in [-0.05, 0) is 36.5 Å². The van der Waals surface area contributed by atoms with Crippen LogP contribution in [0, 0.1) is 5.92 Å². The largest absolute Gasteiger partial charge is 0.362 e. The van der Waals surface area contributed by atoms with Gasteiger partial charge in [-0.1, -0.05) is 44.2 Å². The molecule has 0 saturated carbocycles. The van der Waals surface area contributed by atoms with Crippen LogP contribution in [0.4, 0.5) is 0 Å². The van der Waals surface area contributed by atoms with Gasteiger partial charge in [0.05, 0.1) is 11.5 Å². The van der Waals surface area contributed by atoms with Crippen LogP contribution < -0.4 is 5.32 Å². The number of benzene rings is 1. The van der Waals surface area contributed by atoms with Gasteiger partial charge in [-0.15, -0.1) is 0 Å². The summed E-state index contributed by atoms with van der Waals surface area (Å²) in [6, 6.07) is 10.3. The quantitative estimate of drug-likeness (QED) is 0.794. The van der Waals surface area contributed by atoms with Gasteiger partial charge in [-0.3, -0.25) is 0 Å². The Morgan fingerprint density at radius 2 is 2.04 bits per heavy atom. The summed E-state index contributed by atoms with van der Waals surface area (Å²) < 4.78 is 23.5. The molecule has 1 aliphatic rings. The molecule has 2 rings (SSSR count). The first-order valence-corrected chi connectivity index (χ1v) is 10.4. The smallest absolute Gasteiger partial charge is 0.169 e. The molecule has 0 unspecified atom stereocenters. The summed E-state index contributed by atoms with van der Waals surface area (Å²) in [5, 5.41) is 3.98. The van der Waals surface area contributed by atoms with Crippen LogP contribution in [-0.2, 0) is 16.3 Å². The number of nitrogens with one attached hydrogen (secondary N) is 1.